The lowest BCUT2D eigenvalue weighted by Crippen LogP contribution is -2.31. The maximum absolute atomic E-state index is 9.19. The van der Waals surface area contributed by atoms with E-state index in [1.165, 1.54) is 0 Å². The van der Waals surface area contributed by atoms with Crippen molar-refractivity contribution in [1.29, 1.82) is 0 Å². The molecule has 16 heavy (non-hydrogen) atoms. The fourth-order valence-electron chi connectivity index (χ4n) is 1.27. The fourth-order valence-corrected chi connectivity index (χ4v) is 2.99. The zero-order valence-electron chi connectivity index (χ0n) is 9.08. The second kappa shape index (κ2) is 6.83. The van der Waals surface area contributed by atoms with Crippen LogP contribution >= 0.6 is 43.6 Å². The van der Waals surface area contributed by atoms with Crippen molar-refractivity contribution in [2.24, 2.45) is 0 Å². The number of halogens is 2. The number of nitrogens with zero attached hydrogens (tertiary/aromatic N) is 1. The van der Waals surface area contributed by atoms with Crippen molar-refractivity contribution in [3.8, 4) is 0 Å². The van der Waals surface area contributed by atoms with Gasteiger partial charge in [-0.2, -0.15) is 11.8 Å². The van der Waals surface area contributed by atoms with Crippen LogP contribution < -0.4 is 5.32 Å². The molecule has 1 aromatic heterocycles. The lowest BCUT2D eigenvalue weighted by molar-refractivity contribution is 0.288. The van der Waals surface area contributed by atoms with Crippen LogP contribution in [-0.2, 0) is 0 Å². The largest absolute Gasteiger partial charge is 0.395 e. The van der Waals surface area contributed by atoms with Crippen LogP contribution in [0, 0.1) is 0 Å². The molecule has 1 rings (SSSR count). The second-order valence-corrected chi connectivity index (χ2v) is 6.22. The van der Waals surface area contributed by atoms with Crippen molar-refractivity contribution < 1.29 is 5.11 Å². The van der Waals surface area contributed by atoms with E-state index in [0.29, 0.717) is 0 Å². The molecule has 2 unspecified atom stereocenters. The average Bonchev–Trinajstić information content (AvgIpc) is 2.24. The van der Waals surface area contributed by atoms with Crippen molar-refractivity contribution in [2.45, 2.75) is 18.2 Å². The molecule has 0 aliphatic heterocycles. The van der Waals surface area contributed by atoms with Crippen molar-refractivity contribution in [3.63, 3.8) is 0 Å². The standard InChI is InChI=1S/C10H14Br2N2OS/c1-6(9(5-15)16-2)14-10-8(12)3-7(11)4-13-10/h3-4,6,9,15H,5H2,1-2H3,(H,13,14). The van der Waals surface area contributed by atoms with Gasteiger partial charge in [0.05, 0.1) is 11.1 Å². The zero-order chi connectivity index (χ0) is 12.1. The summed E-state index contributed by atoms with van der Waals surface area (Å²) in [4.78, 5) is 4.27. The van der Waals surface area contributed by atoms with E-state index in [1.807, 2.05) is 19.2 Å². The summed E-state index contributed by atoms with van der Waals surface area (Å²) in [7, 11) is 0. The van der Waals surface area contributed by atoms with E-state index >= 15 is 0 Å². The highest BCUT2D eigenvalue weighted by atomic mass is 79.9. The van der Waals surface area contributed by atoms with E-state index in [0.717, 1.165) is 14.8 Å². The van der Waals surface area contributed by atoms with Crippen molar-refractivity contribution in [3.05, 3.63) is 21.2 Å². The Morgan fingerprint density at radius 2 is 2.25 bits per heavy atom. The second-order valence-electron chi connectivity index (χ2n) is 3.37. The van der Waals surface area contributed by atoms with Gasteiger partial charge >= 0.3 is 0 Å². The third kappa shape index (κ3) is 3.91. The summed E-state index contributed by atoms with van der Waals surface area (Å²) in [6, 6.07) is 2.10. The normalized spacial score (nSPS) is 14.6. The van der Waals surface area contributed by atoms with Gasteiger partial charge in [0.1, 0.15) is 5.82 Å². The fraction of sp³-hybridized carbons (Fsp3) is 0.500. The van der Waals surface area contributed by atoms with Gasteiger partial charge in [-0.1, -0.05) is 0 Å². The molecule has 2 atom stereocenters. The summed E-state index contributed by atoms with van der Waals surface area (Å²) < 4.78 is 1.84. The molecule has 90 valence electrons. The molecule has 3 nitrogen and oxygen atoms in total. The van der Waals surface area contributed by atoms with E-state index in [4.69, 9.17) is 0 Å². The Morgan fingerprint density at radius 3 is 2.75 bits per heavy atom. The van der Waals surface area contributed by atoms with Crippen LogP contribution in [0.15, 0.2) is 21.2 Å². The zero-order valence-corrected chi connectivity index (χ0v) is 13.1. The quantitative estimate of drug-likeness (QED) is 0.836. The predicted molar refractivity (Wildman–Crippen MR) is 77.1 cm³/mol. The minimum atomic E-state index is 0.156. The number of nitrogens with one attached hydrogen (secondary N) is 1. The molecule has 0 spiro atoms. The molecule has 0 aliphatic rings. The van der Waals surface area contributed by atoms with Gasteiger partial charge in [0.25, 0.3) is 0 Å². The van der Waals surface area contributed by atoms with Gasteiger partial charge in [0.15, 0.2) is 0 Å². The number of rotatable bonds is 5. The summed E-state index contributed by atoms with van der Waals surface area (Å²) in [6.07, 6.45) is 3.73. The topological polar surface area (TPSA) is 45.1 Å². The smallest absolute Gasteiger partial charge is 0.140 e. The van der Waals surface area contributed by atoms with Crippen LogP contribution in [0.25, 0.3) is 0 Å². The SMILES string of the molecule is CSC(CO)C(C)Nc1ncc(Br)cc1Br. The summed E-state index contributed by atoms with van der Waals surface area (Å²) in [5.74, 6) is 0.795. The van der Waals surface area contributed by atoms with Gasteiger partial charge in [0, 0.05) is 22.0 Å². The highest BCUT2D eigenvalue weighted by Gasteiger charge is 2.16. The van der Waals surface area contributed by atoms with Crippen LogP contribution in [0.2, 0.25) is 0 Å². The Labute approximate surface area is 117 Å². The number of hydrogen-bond acceptors (Lipinski definition) is 4. The number of anilines is 1. The molecule has 1 heterocycles. The summed E-state index contributed by atoms with van der Waals surface area (Å²) >= 11 is 8.44. The van der Waals surface area contributed by atoms with E-state index in [1.54, 1.807) is 18.0 Å². The van der Waals surface area contributed by atoms with Gasteiger partial charge in [0.2, 0.25) is 0 Å². The monoisotopic (exact) mass is 368 g/mol. The summed E-state index contributed by atoms with van der Waals surface area (Å²) in [6.45, 7) is 2.19. The van der Waals surface area contributed by atoms with Crippen molar-refractivity contribution >= 4 is 49.4 Å². The first-order valence-electron chi connectivity index (χ1n) is 4.79. The van der Waals surface area contributed by atoms with E-state index in [9.17, 15) is 5.11 Å². The van der Waals surface area contributed by atoms with Gasteiger partial charge in [-0.05, 0) is 51.1 Å². The van der Waals surface area contributed by atoms with Crippen LogP contribution in [0.1, 0.15) is 6.92 Å². The molecule has 0 bridgehead atoms. The number of aliphatic hydroxyl groups is 1. The maximum atomic E-state index is 9.19. The maximum Gasteiger partial charge on any atom is 0.140 e. The lowest BCUT2D eigenvalue weighted by atomic mass is 10.2. The summed E-state index contributed by atoms with van der Waals surface area (Å²) in [5.41, 5.74) is 0. The Kier molecular flexibility index (Phi) is 6.10. The molecule has 2 N–H and O–H groups in total. The first kappa shape index (κ1) is 14.3. The van der Waals surface area contributed by atoms with Gasteiger partial charge in [-0.15, -0.1) is 0 Å². The minimum absolute atomic E-state index is 0.156. The average molecular weight is 370 g/mol. The van der Waals surface area contributed by atoms with Crippen LogP contribution in [0.3, 0.4) is 0 Å². The number of thioether (sulfide) groups is 1. The Morgan fingerprint density at radius 1 is 1.56 bits per heavy atom. The molecule has 0 amide bonds. The highest BCUT2D eigenvalue weighted by molar-refractivity contribution is 9.11. The molecule has 6 heteroatoms. The van der Waals surface area contributed by atoms with Gasteiger partial charge in [-0.25, -0.2) is 4.98 Å². The third-order valence-electron chi connectivity index (χ3n) is 2.21. The number of aromatic nitrogens is 1. The van der Waals surface area contributed by atoms with E-state index in [-0.39, 0.29) is 17.9 Å². The molecule has 0 saturated carbocycles. The van der Waals surface area contributed by atoms with Crippen LogP contribution in [0.4, 0.5) is 5.82 Å². The Hall–Kier alpha value is 0.220. The number of hydrogen-bond donors (Lipinski definition) is 2. The van der Waals surface area contributed by atoms with Gasteiger partial charge in [-0.3, -0.25) is 0 Å². The molecule has 0 aromatic carbocycles. The predicted octanol–water partition coefficient (Wildman–Crippen LogP) is 3.13. The van der Waals surface area contributed by atoms with Crippen LogP contribution in [0.5, 0.6) is 0 Å². The number of pyridine rings is 1. The molecular formula is C10H14Br2N2OS. The van der Waals surface area contributed by atoms with E-state index < -0.39 is 0 Å². The lowest BCUT2D eigenvalue weighted by Gasteiger charge is -2.22. The molecule has 0 radical (unpaired) electrons. The summed E-state index contributed by atoms with van der Waals surface area (Å²) in [5, 5.41) is 12.6. The molecule has 0 saturated heterocycles. The highest BCUT2D eigenvalue weighted by Crippen LogP contribution is 2.25. The van der Waals surface area contributed by atoms with Crippen molar-refractivity contribution in [1.82, 2.24) is 4.98 Å². The van der Waals surface area contributed by atoms with Crippen LogP contribution in [-0.4, -0.2) is 34.2 Å². The number of aliphatic hydroxyl groups excluding tert-OH is 1. The first-order chi connectivity index (χ1) is 7.58. The molecular weight excluding hydrogens is 356 g/mol. The molecule has 0 aliphatic carbocycles. The molecule has 0 fully saturated rings. The molecule has 1 aromatic rings. The first-order valence-corrected chi connectivity index (χ1v) is 7.67. The van der Waals surface area contributed by atoms with Gasteiger partial charge < -0.3 is 10.4 Å². The van der Waals surface area contributed by atoms with E-state index in [2.05, 4.69) is 42.2 Å². The Bertz CT molecular complexity index is 348. The minimum Gasteiger partial charge on any atom is -0.395 e. The Balaban J connectivity index is 2.72. The third-order valence-corrected chi connectivity index (χ3v) is 4.41. The van der Waals surface area contributed by atoms with Crippen molar-refractivity contribution in [2.75, 3.05) is 18.2 Å².